The van der Waals surface area contributed by atoms with Crippen LogP contribution in [0.4, 0.5) is 0 Å². The van der Waals surface area contributed by atoms with E-state index < -0.39 is 0 Å². The minimum absolute atomic E-state index is 0. The van der Waals surface area contributed by atoms with E-state index >= 15 is 0 Å². The van der Waals surface area contributed by atoms with E-state index in [1.807, 2.05) is 13.8 Å². The number of halogens is 1. The first-order valence-electron chi connectivity index (χ1n) is 6.14. The van der Waals surface area contributed by atoms with E-state index in [1.165, 1.54) is 25.7 Å². The fourth-order valence-electron chi connectivity index (χ4n) is 2.10. The van der Waals surface area contributed by atoms with Crippen molar-refractivity contribution in [2.75, 3.05) is 6.54 Å². The Morgan fingerprint density at radius 2 is 1.94 bits per heavy atom. The van der Waals surface area contributed by atoms with Gasteiger partial charge in [0.05, 0.1) is 0 Å². The molecule has 1 saturated carbocycles. The molecule has 1 fully saturated rings. The summed E-state index contributed by atoms with van der Waals surface area (Å²) in [6.45, 7) is 4.58. The Morgan fingerprint density at radius 1 is 1.38 bits per heavy atom. The van der Waals surface area contributed by atoms with Gasteiger partial charge in [-0.05, 0) is 19.3 Å². The molecule has 2 atom stereocenters. The van der Waals surface area contributed by atoms with Gasteiger partial charge in [-0.25, -0.2) is 0 Å². The minimum atomic E-state index is -0.0754. The topological polar surface area (TPSA) is 55.1 Å². The molecule has 2 unspecified atom stereocenters. The second-order valence-corrected chi connectivity index (χ2v) is 4.88. The van der Waals surface area contributed by atoms with Crippen LogP contribution in [-0.4, -0.2) is 18.5 Å². The number of carbonyl (C=O) groups excluding carboxylic acids is 1. The molecule has 0 aliphatic heterocycles. The quantitative estimate of drug-likeness (QED) is 0.783. The first-order valence-corrected chi connectivity index (χ1v) is 6.14. The predicted molar refractivity (Wildman–Crippen MR) is 69.6 cm³/mol. The third kappa shape index (κ3) is 5.17. The molecular formula is C12H25ClN2O. The summed E-state index contributed by atoms with van der Waals surface area (Å²) in [5.41, 5.74) is 5.67. The Bertz CT molecular complexity index is 203. The van der Waals surface area contributed by atoms with Gasteiger partial charge in [-0.15, -0.1) is 12.4 Å². The highest BCUT2D eigenvalue weighted by Gasteiger charge is 2.18. The first-order chi connectivity index (χ1) is 7.11. The lowest BCUT2D eigenvalue weighted by molar-refractivity contribution is -0.124. The maximum Gasteiger partial charge on any atom is 0.224 e. The summed E-state index contributed by atoms with van der Waals surface area (Å²) in [5.74, 6) is 0.868. The molecule has 0 aromatic heterocycles. The van der Waals surface area contributed by atoms with Crippen molar-refractivity contribution in [1.82, 2.24) is 5.32 Å². The fraction of sp³-hybridized carbons (Fsp3) is 0.917. The van der Waals surface area contributed by atoms with Crippen LogP contribution in [0, 0.1) is 11.8 Å². The summed E-state index contributed by atoms with van der Waals surface area (Å²) in [4.78, 5) is 11.6. The van der Waals surface area contributed by atoms with Crippen LogP contribution >= 0.6 is 12.4 Å². The molecule has 16 heavy (non-hydrogen) atoms. The summed E-state index contributed by atoms with van der Waals surface area (Å²) in [6.07, 6.45) is 6.57. The summed E-state index contributed by atoms with van der Waals surface area (Å²) in [5, 5.41) is 2.97. The van der Waals surface area contributed by atoms with E-state index in [4.69, 9.17) is 5.73 Å². The Hall–Kier alpha value is -0.280. The molecule has 1 aliphatic carbocycles. The summed E-state index contributed by atoms with van der Waals surface area (Å²) >= 11 is 0. The van der Waals surface area contributed by atoms with Gasteiger partial charge >= 0.3 is 0 Å². The average Bonchev–Trinajstić information content (AvgIpc) is 2.69. The molecule has 0 aromatic carbocycles. The summed E-state index contributed by atoms with van der Waals surface area (Å²) in [7, 11) is 0. The first kappa shape index (κ1) is 15.7. The molecular weight excluding hydrogens is 224 g/mol. The van der Waals surface area contributed by atoms with Gasteiger partial charge in [0.25, 0.3) is 0 Å². The van der Waals surface area contributed by atoms with Gasteiger partial charge in [-0.2, -0.15) is 0 Å². The van der Waals surface area contributed by atoms with Gasteiger partial charge in [0.2, 0.25) is 5.91 Å². The third-order valence-corrected chi connectivity index (χ3v) is 3.53. The van der Waals surface area contributed by atoms with Crippen molar-refractivity contribution in [3.63, 3.8) is 0 Å². The fourth-order valence-corrected chi connectivity index (χ4v) is 2.10. The van der Waals surface area contributed by atoms with Gasteiger partial charge in [-0.1, -0.05) is 32.6 Å². The van der Waals surface area contributed by atoms with E-state index in [1.54, 1.807) is 0 Å². The van der Waals surface area contributed by atoms with Crippen LogP contribution < -0.4 is 11.1 Å². The van der Waals surface area contributed by atoms with Crippen molar-refractivity contribution in [1.29, 1.82) is 0 Å². The molecule has 0 heterocycles. The molecule has 3 nitrogen and oxygen atoms in total. The van der Waals surface area contributed by atoms with Crippen molar-refractivity contribution < 1.29 is 4.79 Å². The van der Waals surface area contributed by atoms with E-state index in [9.17, 15) is 4.79 Å². The van der Waals surface area contributed by atoms with Crippen molar-refractivity contribution >= 4 is 18.3 Å². The second kappa shape index (κ2) is 7.91. The van der Waals surface area contributed by atoms with Gasteiger partial charge in [0.15, 0.2) is 0 Å². The Balaban J connectivity index is 0.00000225. The largest absolute Gasteiger partial charge is 0.356 e. The van der Waals surface area contributed by atoms with E-state index in [0.29, 0.717) is 0 Å². The lowest BCUT2D eigenvalue weighted by Crippen LogP contribution is -2.39. The van der Waals surface area contributed by atoms with Crippen molar-refractivity contribution in [2.45, 2.75) is 52.0 Å². The zero-order chi connectivity index (χ0) is 11.3. The van der Waals surface area contributed by atoms with E-state index in [0.717, 1.165) is 18.9 Å². The lowest BCUT2D eigenvalue weighted by Gasteiger charge is -2.16. The second-order valence-electron chi connectivity index (χ2n) is 4.88. The van der Waals surface area contributed by atoms with Crippen LogP contribution in [0.25, 0.3) is 0 Å². The molecule has 96 valence electrons. The molecule has 1 amide bonds. The van der Waals surface area contributed by atoms with Crippen LogP contribution in [0.15, 0.2) is 0 Å². The summed E-state index contributed by atoms with van der Waals surface area (Å²) < 4.78 is 0. The number of nitrogens with two attached hydrogens (primary N) is 1. The predicted octanol–water partition coefficient (Wildman–Crippen LogP) is 2.09. The normalized spacial score (nSPS) is 19.9. The highest BCUT2D eigenvalue weighted by atomic mass is 35.5. The highest BCUT2D eigenvalue weighted by molar-refractivity contribution is 5.85. The van der Waals surface area contributed by atoms with Gasteiger partial charge in [-0.3, -0.25) is 4.79 Å². The zero-order valence-electron chi connectivity index (χ0n) is 10.4. The summed E-state index contributed by atoms with van der Waals surface area (Å²) in [6, 6.07) is -0.0588. The molecule has 0 saturated heterocycles. The van der Waals surface area contributed by atoms with Crippen molar-refractivity contribution in [3.05, 3.63) is 0 Å². The molecule has 1 rings (SSSR count). The Morgan fingerprint density at radius 3 is 2.44 bits per heavy atom. The number of nitrogens with one attached hydrogen (secondary N) is 1. The van der Waals surface area contributed by atoms with E-state index in [-0.39, 0.29) is 30.3 Å². The highest BCUT2D eigenvalue weighted by Crippen LogP contribution is 2.26. The maximum atomic E-state index is 11.6. The SMILES string of the molecule is CC(N)C(C)C(=O)NCCC1CCCC1.Cl. The maximum absolute atomic E-state index is 11.6. The molecule has 4 heteroatoms. The smallest absolute Gasteiger partial charge is 0.224 e. The Labute approximate surface area is 105 Å². The van der Waals surface area contributed by atoms with Gasteiger partial charge in [0, 0.05) is 18.5 Å². The zero-order valence-corrected chi connectivity index (χ0v) is 11.2. The lowest BCUT2D eigenvalue weighted by atomic mass is 10.0. The monoisotopic (exact) mass is 248 g/mol. The molecule has 0 aromatic rings. The van der Waals surface area contributed by atoms with Crippen LogP contribution in [0.3, 0.4) is 0 Å². The molecule has 0 spiro atoms. The molecule has 0 radical (unpaired) electrons. The number of carbonyl (C=O) groups is 1. The minimum Gasteiger partial charge on any atom is -0.356 e. The average molecular weight is 249 g/mol. The standard InChI is InChI=1S/C12H24N2O.ClH/c1-9(10(2)13)12(15)14-8-7-11-5-3-4-6-11;/h9-11H,3-8,13H2,1-2H3,(H,14,15);1H. The van der Waals surface area contributed by atoms with Gasteiger partial charge in [0.1, 0.15) is 0 Å². The van der Waals surface area contributed by atoms with Gasteiger partial charge < -0.3 is 11.1 Å². The number of hydrogen-bond donors (Lipinski definition) is 2. The molecule has 3 N–H and O–H groups in total. The van der Waals surface area contributed by atoms with Crippen molar-refractivity contribution in [2.24, 2.45) is 17.6 Å². The number of amides is 1. The number of rotatable bonds is 5. The van der Waals surface area contributed by atoms with Crippen LogP contribution in [0.5, 0.6) is 0 Å². The van der Waals surface area contributed by atoms with Crippen LogP contribution in [0.1, 0.15) is 46.0 Å². The van der Waals surface area contributed by atoms with E-state index in [2.05, 4.69) is 5.32 Å². The van der Waals surface area contributed by atoms with Crippen LogP contribution in [-0.2, 0) is 4.79 Å². The number of hydrogen-bond acceptors (Lipinski definition) is 2. The third-order valence-electron chi connectivity index (χ3n) is 3.53. The molecule has 1 aliphatic rings. The molecule has 0 bridgehead atoms. The van der Waals surface area contributed by atoms with Crippen LogP contribution in [0.2, 0.25) is 0 Å². The Kier molecular flexibility index (Phi) is 7.77. The van der Waals surface area contributed by atoms with Crippen molar-refractivity contribution in [3.8, 4) is 0 Å².